The van der Waals surface area contributed by atoms with Gasteiger partial charge < -0.3 is 26.0 Å². The average molecular weight is 364 g/mol. The third-order valence-electron chi connectivity index (χ3n) is 4.10. The molecular formula is C18H20N8O. The first-order valence-corrected chi connectivity index (χ1v) is 8.64. The number of aromatic nitrogens is 4. The third-order valence-corrected chi connectivity index (χ3v) is 4.10. The number of hydrogen-bond donors (Lipinski definition) is 3. The van der Waals surface area contributed by atoms with E-state index in [1.807, 2.05) is 12.1 Å². The van der Waals surface area contributed by atoms with Crippen molar-refractivity contribution in [3.63, 3.8) is 0 Å². The number of rotatable bonds is 5. The minimum Gasteiger partial charge on any atom is -0.378 e. The van der Waals surface area contributed by atoms with Gasteiger partial charge in [0.15, 0.2) is 0 Å². The zero-order chi connectivity index (χ0) is 18.5. The molecule has 2 aromatic heterocycles. The van der Waals surface area contributed by atoms with Crippen molar-refractivity contribution in [1.29, 1.82) is 0 Å². The van der Waals surface area contributed by atoms with Crippen molar-refractivity contribution >= 4 is 34.8 Å². The van der Waals surface area contributed by atoms with Crippen molar-refractivity contribution in [2.75, 3.05) is 47.6 Å². The summed E-state index contributed by atoms with van der Waals surface area (Å²) < 4.78 is 5.40. The first-order valence-electron chi connectivity index (χ1n) is 8.64. The zero-order valence-electron chi connectivity index (χ0n) is 14.7. The molecule has 3 aromatic rings. The lowest BCUT2D eigenvalue weighted by molar-refractivity contribution is 0.122. The van der Waals surface area contributed by atoms with Gasteiger partial charge in [0.05, 0.1) is 13.2 Å². The van der Waals surface area contributed by atoms with Crippen LogP contribution < -0.4 is 21.3 Å². The van der Waals surface area contributed by atoms with Gasteiger partial charge in [0.1, 0.15) is 23.8 Å². The molecule has 1 aliphatic rings. The maximum atomic E-state index is 5.83. The van der Waals surface area contributed by atoms with Crippen LogP contribution in [0.1, 0.15) is 0 Å². The summed E-state index contributed by atoms with van der Waals surface area (Å²) in [6.45, 7) is 3.35. The highest BCUT2D eigenvalue weighted by Gasteiger charge is 2.11. The van der Waals surface area contributed by atoms with Crippen LogP contribution in [0, 0.1) is 0 Å². The van der Waals surface area contributed by atoms with Crippen LogP contribution >= 0.6 is 0 Å². The second-order valence-corrected chi connectivity index (χ2v) is 5.99. The fourth-order valence-corrected chi connectivity index (χ4v) is 2.81. The Hall–Kier alpha value is -3.46. The number of morpholine rings is 1. The van der Waals surface area contributed by atoms with E-state index in [4.69, 9.17) is 10.5 Å². The van der Waals surface area contributed by atoms with Gasteiger partial charge in [-0.05, 0) is 30.3 Å². The molecule has 0 amide bonds. The van der Waals surface area contributed by atoms with Crippen molar-refractivity contribution in [2.24, 2.45) is 0 Å². The lowest BCUT2D eigenvalue weighted by Crippen LogP contribution is -2.36. The molecule has 9 nitrogen and oxygen atoms in total. The monoisotopic (exact) mass is 364 g/mol. The molecule has 0 radical (unpaired) electrons. The number of benzene rings is 1. The number of ether oxygens (including phenoxy) is 1. The second kappa shape index (κ2) is 7.83. The highest BCUT2D eigenvalue weighted by atomic mass is 16.5. The fraction of sp³-hybridized carbons (Fsp3) is 0.222. The third kappa shape index (κ3) is 4.39. The molecular weight excluding hydrogens is 344 g/mol. The van der Waals surface area contributed by atoms with Gasteiger partial charge in [-0.1, -0.05) is 0 Å². The predicted molar refractivity (Wildman–Crippen MR) is 105 cm³/mol. The summed E-state index contributed by atoms with van der Waals surface area (Å²) in [6, 6.07) is 11.7. The summed E-state index contributed by atoms with van der Waals surface area (Å²) in [4.78, 5) is 18.7. The van der Waals surface area contributed by atoms with Crippen molar-refractivity contribution < 1.29 is 4.74 Å². The van der Waals surface area contributed by atoms with Gasteiger partial charge in [0, 0.05) is 36.7 Å². The Morgan fingerprint density at radius 2 is 1.67 bits per heavy atom. The summed E-state index contributed by atoms with van der Waals surface area (Å²) in [5.41, 5.74) is 7.93. The minimum atomic E-state index is 0.168. The van der Waals surface area contributed by atoms with Gasteiger partial charge in [0.2, 0.25) is 5.95 Å². The van der Waals surface area contributed by atoms with E-state index >= 15 is 0 Å². The summed E-state index contributed by atoms with van der Waals surface area (Å²) in [6.07, 6.45) is 3.11. The van der Waals surface area contributed by atoms with E-state index < -0.39 is 0 Å². The fourth-order valence-electron chi connectivity index (χ4n) is 2.81. The highest BCUT2D eigenvalue weighted by molar-refractivity contribution is 5.65. The SMILES string of the molecule is Nc1nc(Nc2ccc(N3CCOCC3)cc2)cc(Nc2ccncn2)n1. The number of hydrogen-bond acceptors (Lipinski definition) is 9. The van der Waals surface area contributed by atoms with Crippen LogP contribution in [-0.4, -0.2) is 46.2 Å². The standard InChI is InChI=1S/C18H20N8O/c19-18-24-16(11-17(25-18)23-15-5-6-20-12-21-15)22-13-1-3-14(4-2-13)26-7-9-27-10-8-26/h1-6,11-12H,7-10H2,(H4,19,20,21,22,23,24,25). The van der Waals surface area contributed by atoms with Gasteiger partial charge >= 0.3 is 0 Å². The average Bonchev–Trinajstić information content (AvgIpc) is 2.70. The van der Waals surface area contributed by atoms with Crippen LogP contribution in [0.4, 0.5) is 34.8 Å². The summed E-state index contributed by atoms with van der Waals surface area (Å²) in [5, 5.41) is 6.34. The molecule has 0 saturated carbocycles. The number of nitrogen functional groups attached to an aromatic ring is 1. The molecule has 27 heavy (non-hydrogen) atoms. The molecule has 1 fully saturated rings. The lowest BCUT2D eigenvalue weighted by Gasteiger charge is -2.28. The molecule has 1 aliphatic heterocycles. The van der Waals surface area contributed by atoms with Crippen LogP contribution in [0.25, 0.3) is 0 Å². The molecule has 0 unspecified atom stereocenters. The van der Waals surface area contributed by atoms with Crippen molar-refractivity contribution in [2.45, 2.75) is 0 Å². The number of nitrogens with zero attached hydrogens (tertiary/aromatic N) is 5. The van der Waals surface area contributed by atoms with E-state index in [1.165, 1.54) is 12.0 Å². The van der Waals surface area contributed by atoms with Gasteiger partial charge in [0.25, 0.3) is 0 Å². The largest absolute Gasteiger partial charge is 0.378 e. The van der Waals surface area contributed by atoms with Gasteiger partial charge in [-0.25, -0.2) is 9.97 Å². The van der Waals surface area contributed by atoms with Crippen LogP contribution in [-0.2, 0) is 4.74 Å². The number of nitrogens with two attached hydrogens (primary N) is 1. The van der Waals surface area contributed by atoms with Crippen molar-refractivity contribution in [1.82, 2.24) is 19.9 Å². The van der Waals surface area contributed by atoms with Gasteiger partial charge in [-0.2, -0.15) is 9.97 Å². The van der Waals surface area contributed by atoms with Crippen LogP contribution in [0.5, 0.6) is 0 Å². The van der Waals surface area contributed by atoms with E-state index in [0.29, 0.717) is 17.5 Å². The van der Waals surface area contributed by atoms with E-state index in [-0.39, 0.29) is 5.95 Å². The summed E-state index contributed by atoms with van der Waals surface area (Å²) in [5.74, 6) is 1.94. The number of anilines is 6. The molecule has 0 atom stereocenters. The lowest BCUT2D eigenvalue weighted by atomic mass is 10.2. The van der Waals surface area contributed by atoms with Gasteiger partial charge in [-0.3, -0.25) is 0 Å². The molecule has 1 aromatic carbocycles. The summed E-state index contributed by atoms with van der Waals surface area (Å²) >= 11 is 0. The Labute approximate surface area is 156 Å². The molecule has 138 valence electrons. The Bertz CT molecular complexity index is 882. The predicted octanol–water partition coefficient (Wildman–Crippen LogP) is 2.17. The molecule has 3 heterocycles. The van der Waals surface area contributed by atoms with E-state index in [0.717, 1.165) is 32.0 Å². The Morgan fingerprint density at radius 1 is 0.926 bits per heavy atom. The maximum absolute atomic E-state index is 5.83. The normalized spacial score (nSPS) is 14.0. The minimum absolute atomic E-state index is 0.168. The Kier molecular flexibility index (Phi) is 4.93. The molecule has 0 bridgehead atoms. The summed E-state index contributed by atoms with van der Waals surface area (Å²) in [7, 11) is 0. The van der Waals surface area contributed by atoms with Crippen LogP contribution in [0.3, 0.4) is 0 Å². The molecule has 4 N–H and O–H groups in total. The first-order chi connectivity index (χ1) is 13.3. The van der Waals surface area contributed by atoms with E-state index in [9.17, 15) is 0 Å². The Balaban J connectivity index is 1.47. The van der Waals surface area contributed by atoms with Crippen LogP contribution in [0.15, 0.2) is 48.9 Å². The highest BCUT2D eigenvalue weighted by Crippen LogP contribution is 2.23. The topological polar surface area (TPSA) is 114 Å². The molecule has 0 aliphatic carbocycles. The van der Waals surface area contributed by atoms with Crippen molar-refractivity contribution in [3.05, 3.63) is 48.9 Å². The van der Waals surface area contributed by atoms with Crippen LogP contribution in [0.2, 0.25) is 0 Å². The first kappa shape index (κ1) is 17.0. The smallest absolute Gasteiger partial charge is 0.223 e. The van der Waals surface area contributed by atoms with Gasteiger partial charge in [-0.15, -0.1) is 0 Å². The maximum Gasteiger partial charge on any atom is 0.223 e. The molecule has 4 rings (SSSR count). The van der Waals surface area contributed by atoms with E-state index in [2.05, 4.69) is 47.6 Å². The van der Waals surface area contributed by atoms with E-state index in [1.54, 1.807) is 18.3 Å². The number of nitrogens with one attached hydrogen (secondary N) is 2. The Morgan fingerprint density at radius 3 is 2.37 bits per heavy atom. The quantitative estimate of drug-likeness (QED) is 0.626. The second-order valence-electron chi connectivity index (χ2n) is 5.99. The van der Waals surface area contributed by atoms with Crippen molar-refractivity contribution in [3.8, 4) is 0 Å². The molecule has 1 saturated heterocycles. The molecule has 9 heteroatoms. The zero-order valence-corrected chi connectivity index (χ0v) is 14.7. The molecule has 0 spiro atoms.